The minimum absolute atomic E-state index is 0.0726. The van der Waals surface area contributed by atoms with Crippen LogP contribution in [0.25, 0.3) is 0 Å². The maximum absolute atomic E-state index is 12.6. The summed E-state index contributed by atoms with van der Waals surface area (Å²) in [7, 11) is 0. The van der Waals surface area contributed by atoms with Gasteiger partial charge >= 0.3 is 0 Å². The maximum Gasteiger partial charge on any atom is 0.283 e. The molecule has 0 saturated heterocycles. The summed E-state index contributed by atoms with van der Waals surface area (Å²) in [4.78, 5) is 28.8. The molecular formula is C16H20N4O2. The first-order valence-corrected chi connectivity index (χ1v) is 7.37. The Morgan fingerprint density at radius 1 is 1.27 bits per heavy atom. The molecule has 22 heavy (non-hydrogen) atoms. The van der Waals surface area contributed by atoms with Crippen LogP contribution in [0.5, 0.6) is 0 Å². The number of carbonyl (C=O) groups excluding carboxylic acids is 1. The van der Waals surface area contributed by atoms with Crippen LogP contribution < -0.4 is 11.0 Å². The molecule has 6 nitrogen and oxygen atoms in total. The largest absolute Gasteiger partial charge is 0.283 e. The Morgan fingerprint density at radius 3 is 2.73 bits per heavy atom. The van der Waals surface area contributed by atoms with E-state index in [9.17, 15) is 9.59 Å². The molecule has 0 N–H and O–H groups in total. The number of hydrogen-bond acceptors (Lipinski definition) is 4. The van der Waals surface area contributed by atoms with Crippen LogP contribution in [0.4, 0.5) is 0 Å². The molecule has 2 heterocycles. The fourth-order valence-electron chi connectivity index (χ4n) is 2.03. The van der Waals surface area contributed by atoms with Gasteiger partial charge in [0, 0.05) is 24.8 Å². The van der Waals surface area contributed by atoms with Gasteiger partial charge in [0.05, 0.1) is 0 Å². The second kappa shape index (κ2) is 6.98. The summed E-state index contributed by atoms with van der Waals surface area (Å²) in [5.41, 5.74) is 0.588. The molecule has 0 bridgehead atoms. The van der Waals surface area contributed by atoms with Crippen molar-refractivity contribution in [1.82, 2.24) is 14.3 Å². The Balaban J connectivity index is 2.50. The Labute approximate surface area is 128 Å². The van der Waals surface area contributed by atoms with Crippen molar-refractivity contribution in [3.05, 3.63) is 58.1 Å². The number of aryl methyl sites for hydroxylation is 1. The number of carbonyl (C=O) groups is 1. The highest BCUT2D eigenvalue weighted by Gasteiger charge is 2.12. The lowest BCUT2D eigenvalue weighted by Gasteiger charge is -2.08. The van der Waals surface area contributed by atoms with Gasteiger partial charge in [-0.2, -0.15) is 5.10 Å². The predicted molar refractivity (Wildman–Crippen MR) is 83.6 cm³/mol. The summed E-state index contributed by atoms with van der Waals surface area (Å²) in [6.45, 7) is 6.33. The monoisotopic (exact) mass is 300 g/mol. The van der Waals surface area contributed by atoms with Gasteiger partial charge in [-0.25, -0.2) is 4.68 Å². The second-order valence-electron chi connectivity index (χ2n) is 5.24. The minimum Gasteiger partial charge on any atom is -0.268 e. The van der Waals surface area contributed by atoms with Crippen LogP contribution in [-0.4, -0.2) is 26.3 Å². The Hall–Kier alpha value is -2.50. The molecule has 0 aromatic carbocycles. The molecule has 2 aromatic rings. The molecule has 0 radical (unpaired) electrons. The Bertz CT molecular complexity index is 787. The molecule has 0 fully saturated rings. The quantitative estimate of drug-likeness (QED) is 0.858. The lowest BCUT2D eigenvalue weighted by atomic mass is 10.3. The lowest BCUT2D eigenvalue weighted by molar-refractivity contribution is 0.0947. The average Bonchev–Trinajstić information content (AvgIpc) is 2.49. The second-order valence-corrected chi connectivity index (χ2v) is 5.24. The molecule has 0 aliphatic rings. The summed E-state index contributed by atoms with van der Waals surface area (Å²) >= 11 is 0. The zero-order valence-electron chi connectivity index (χ0n) is 13.1. The van der Waals surface area contributed by atoms with Crippen LogP contribution in [-0.2, 0) is 6.54 Å². The lowest BCUT2D eigenvalue weighted by Crippen LogP contribution is -2.31. The van der Waals surface area contributed by atoms with Gasteiger partial charge in [0.25, 0.3) is 11.5 Å². The maximum atomic E-state index is 12.6. The van der Waals surface area contributed by atoms with Crippen molar-refractivity contribution in [2.45, 2.75) is 39.8 Å². The highest BCUT2D eigenvalue weighted by molar-refractivity contribution is 5.93. The molecule has 116 valence electrons. The summed E-state index contributed by atoms with van der Waals surface area (Å²) in [6.07, 6.45) is 2.43. The van der Waals surface area contributed by atoms with Crippen molar-refractivity contribution < 1.29 is 4.79 Å². The van der Waals surface area contributed by atoms with Gasteiger partial charge in [-0.15, -0.1) is 0 Å². The van der Waals surface area contributed by atoms with E-state index >= 15 is 0 Å². The third-order valence-corrected chi connectivity index (χ3v) is 2.97. The van der Waals surface area contributed by atoms with E-state index < -0.39 is 0 Å². The van der Waals surface area contributed by atoms with E-state index in [4.69, 9.17) is 0 Å². The summed E-state index contributed by atoms with van der Waals surface area (Å²) in [6, 6.07) is 8.27. The molecule has 2 rings (SSSR count). The van der Waals surface area contributed by atoms with Crippen molar-refractivity contribution in [1.29, 1.82) is 0 Å². The molecule has 0 saturated carbocycles. The molecule has 2 aromatic heterocycles. The van der Waals surface area contributed by atoms with Crippen LogP contribution >= 0.6 is 0 Å². The van der Waals surface area contributed by atoms with Gasteiger partial charge in [0.2, 0.25) is 0 Å². The topological polar surface area (TPSA) is 69.2 Å². The molecule has 0 aliphatic heterocycles. The van der Waals surface area contributed by atoms with Crippen molar-refractivity contribution in [2.75, 3.05) is 0 Å². The summed E-state index contributed by atoms with van der Waals surface area (Å²) in [5.74, 6) is -0.301. The standard InChI is InChI=1S/C16H20N4O2/c1-4-10-20-15(21)9-8-13(18-20)16(22)19-11-6-5-7-14(19)17-12(2)3/h5-9,11-12H,4,10H2,1-3H3. The highest BCUT2D eigenvalue weighted by Crippen LogP contribution is 1.97. The first-order valence-electron chi connectivity index (χ1n) is 7.37. The van der Waals surface area contributed by atoms with Gasteiger partial charge in [0.1, 0.15) is 11.2 Å². The molecule has 0 atom stereocenters. The smallest absolute Gasteiger partial charge is 0.268 e. The van der Waals surface area contributed by atoms with Crippen LogP contribution in [0.3, 0.4) is 0 Å². The first kappa shape index (κ1) is 15.9. The van der Waals surface area contributed by atoms with Gasteiger partial charge in [-0.1, -0.05) is 13.0 Å². The molecule has 0 amide bonds. The number of aromatic nitrogens is 3. The number of pyridine rings is 1. The predicted octanol–water partition coefficient (Wildman–Crippen LogP) is 1.45. The van der Waals surface area contributed by atoms with Crippen LogP contribution in [0.2, 0.25) is 0 Å². The average molecular weight is 300 g/mol. The third-order valence-electron chi connectivity index (χ3n) is 2.97. The van der Waals surface area contributed by atoms with Crippen LogP contribution in [0, 0.1) is 0 Å². The van der Waals surface area contributed by atoms with Gasteiger partial charge in [0.15, 0.2) is 0 Å². The normalized spacial score (nSPS) is 11.9. The number of rotatable bonds is 4. The van der Waals surface area contributed by atoms with E-state index in [-0.39, 0.29) is 23.2 Å². The van der Waals surface area contributed by atoms with Gasteiger partial charge < -0.3 is 0 Å². The van der Waals surface area contributed by atoms with E-state index in [1.54, 1.807) is 18.3 Å². The molecule has 6 heteroatoms. The van der Waals surface area contributed by atoms with Crippen molar-refractivity contribution >= 4 is 5.91 Å². The van der Waals surface area contributed by atoms with E-state index in [1.165, 1.54) is 21.4 Å². The fourth-order valence-corrected chi connectivity index (χ4v) is 2.03. The Kier molecular flexibility index (Phi) is 5.04. The molecule has 0 aliphatic carbocycles. The molecule has 0 spiro atoms. The molecule has 0 unspecified atom stereocenters. The fraction of sp³-hybridized carbons (Fsp3) is 0.375. The van der Waals surface area contributed by atoms with Crippen molar-refractivity contribution in [3.63, 3.8) is 0 Å². The summed E-state index contributed by atoms with van der Waals surface area (Å²) in [5, 5.41) is 4.15. The van der Waals surface area contributed by atoms with E-state index in [0.29, 0.717) is 12.0 Å². The van der Waals surface area contributed by atoms with E-state index in [1.807, 2.05) is 26.8 Å². The van der Waals surface area contributed by atoms with E-state index in [0.717, 1.165) is 6.42 Å². The van der Waals surface area contributed by atoms with Crippen molar-refractivity contribution in [3.8, 4) is 0 Å². The highest BCUT2D eigenvalue weighted by atomic mass is 16.2. The SMILES string of the molecule is CCCn1nc(C(=O)n2ccccc2=NC(C)C)ccc1=O. The van der Waals surface area contributed by atoms with E-state index in [2.05, 4.69) is 10.1 Å². The number of hydrogen-bond donors (Lipinski definition) is 0. The first-order chi connectivity index (χ1) is 10.5. The number of nitrogens with zero attached hydrogens (tertiary/aromatic N) is 4. The zero-order valence-corrected chi connectivity index (χ0v) is 13.1. The van der Waals surface area contributed by atoms with Gasteiger partial charge in [-0.05, 0) is 38.5 Å². The summed E-state index contributed by atoms with van der Waals surface area (Å²) < 4.78 is 2.76. The third kappa shape index (κ3) is 3.58. The van der Waals surface area contributed by atoms with Crippen molar-refractivity contribution in [2.24, 2.45) is 4.99 Å². The van der Waals surface area contributed by atoms with Gasteiger partial charge in [-0.3, -0.25) is 19.1 Å². The zero-order chi connectivity index (χ0) is 16.1. The Morgan fingerprint density at radius 2 is 2.05 bits per heavy atom. The van der Waals surface area contributed by atoms with Crippen LogP contribution in [0.1, 0.15) is 37.7 Å². The minimum atomic E-state index is -0.301. The molecular weight excluding hydrogens is 280 g/mol. The van der Waals surface area contributed by atoms with Crippen LogP contribution in [0.15, 0.2) is 46.3 Å².